The first-order valence-corrected chi connectivity index (χ1v) is 7.12. The lowest BCUT2D eigenvalue weighted by atomic mass is 10.2. The normalized spacial score (nSPS) is 10.7. The molecule has 1 aromatic heterocycles. The van der Waals surface area contributed by atoms with Gasteiger partial charge in [-0.3, -0.25) is 10.1 Å². The van der Waals surface area contributed by atoms with Gasteiger partial charge in [-0.05, 0) is 18.9 Å². The van der Waals surface area contributed by atoms with Crippen molar-refractivity contribution >= 4 is 17.3 Å². The summed E-state index contributed by atoms with van der Waals surface area (Å²) >= 11 is 0. The van der Waals surface area contributed by atoms with Gasteiger partial charge in [-0.25, -0.2) is 4.98 Å². The molecule has 1 aromatic rings. The zero-order valence-corrected chi connectivity index (χ0v) is 13.1. The third kappa shape index (κ3) is 5.18. The van der Waals surface area contributed by atoms with Crippen LogP contribution in [0.2, 0.25) is 0 Å². The highest BCUT2D eigenvalue weighted by molar-refractivity contribution is 5.61. The van der Waals surface area contributed by atoms with Crippen molar-refractivity contribution in [3.05, 3.63) is 22.2 Å². The molecule has 0 aliphatic rings. The Morgan fingerprint density at radius 1 is 1.48 bits per heavy atom. The monoisotopic (exact) mass is 296 g/mol. The second kappa shape index (κ2) is 8.41. The molecule has 21 heavy (non-hydrogen) atoms. The maximum atomic E-state index is 11.2. The van der Waals surface area contributed by atoms with Gasteiger partial charge in [-0.15, -0.1) is 0 Å². The first-order valence-electron chi connectivity index (χ1n) is 7.12. The van der Waals surface area contributed by atoms with Crippen LogP contribution in [-0.2, 0) is 4.74 Å². The zero-order chi connectivity index (χ0) is 15.8. The number of anilines is 2. The van der Waals surface area contributed by atoms with E-state index in [0.717, 1.165) is 0 Å². The molecular formula is C14H24N4O3. The van der Waals surface area contributed by atoms with E-state index in [1.165, 1.54) is 6.07 Å². The second-order valence-corrected chi connectivity index (χ2v) is 5.16. The van der Waals surface area contributed by atoms with Crippen LogP contribution in [0.25, 0.3) is 0 Å². The van der Waals surface area contributed by atoms with E-state index in [1.807, 2.05) is 11.8 Å². The smallest absolute Gasteiger partial charge is 0.311 e. The summed E-state index contributed by atoms with van der Waals surface area (Å²) in [4.78, 5) is 17.2. The van der Waals surface area contributed by atoms with E-state index in [9.17, 15) is 10.1 Å². The summed E-state index contributed by atoms with van der Waals surface area (Å²) < 4.78 is 5.10. The summed E-state index contributed by atoms with van der Waals surface area (Å²) in [5, 5.41) is 14.3. The molecule has 0 saturated heterocycles. The number of aromatic nitrogens is 1. The minimum Gasteiger partial charge on any atom is -0.383 e. The summed E-state index contributed by atoms with van der Waals surface area (Å²) in [6.07, 6.45) is 0. The van der Waals surface area contributed by atoms with Gasteiger partial charge in [0, 0.05) is 32.8 Å². The van der Waals surface area contributed by atoms with Gasteiger partial charge in [-0.2, -0.15) is 0 Å². The fraction of sp³-hybridized carbons (Fsp3) is 0.643. The number of pyridine rings is 1. The summed E-state index contributed by atoms with van der Waals surface area (Å²) in [6, 6.07) is 3.13. The molecule has 0 fully saturated rings. The molecule has 0 aliphatic carbocycles. The predicted molar refractivity (Wildman–Crippen MR) is 84.0 cm³/mol. The van der Waals surface area contributed by atoms with Crippen molar-refractivity contribution in [1.82, 2.24) is 4.98 Å². The molecule has 0 radical (unpaired) electrons. The van der Waals surface area contributed by atoms with Gasteiger partial charge in [0.1, 0.15) is 5.82 Å². The van der Waals surface area contributed by atoms with Crippen LogP contribution < -0.4 is 10.2 Å². The van der Waals surface area contributed by atoms with Crippen molar-refractivity contribution in [2.24, 2.45) is 5.92 Å². The van der Waals surface area contributed by atoms with E-state index in [-0.39, 0.29) is 5.69 Å². The predicted octanol–water partition coefficient (Wildman–Crippen LogP) is 2.53. The van der Waals surface area contributed by atoms with Crippen LogP contribution >= 0.6 is 0 Å². The van der Waals surface area contributed by atoms with Gasteiger partial charge in [0.25, 0.3) is 0 Å². The minimum atomic E-state index is -0.391. The van der Waals surface area contributed by atoms with Crippen LogP contribution in [0.15, 0.2) is 12.1 Å². The van der Waals surface area contributed by atoms with Gasteiger partial charge in [0.2, 0.25) is 5.82 Å². The van der Waals surface area contributed by atoms with Crippen molar-refractivity contribution in [1.29, 1.82) is 0 Å². The van der Waals surface area contributed by atoms with E-state index in [1.54, 1.807) is 13.2 Å². The van der Waals surface area contributed by atoms with E-state index in [2.05, 4.69) is 24.1 Å². The fourth-order valence-electron chi connectivity index (χ4n) is 2.02. The Morgan fingerprint density at radius 2 is 2.19 bits per heavy atom. The molecule has 1 rings (SSSR count). The largest absolute Gasteiger partial charge is 0.383 e. The highest BCUT2D eigenvalue weighted by Crippen LogP contribution is 2.28. The molecule has 7 nitrogen and oxygen atoms in total. The van der Waals surface area contributed by atoms with Gasteiger partial charge in [-0.1, -0.05) is 13.8 Å². The summed E-state index contributed by atoms with van der Waals surface area (Å²) in [6.45, 7) is 8.56. The second-order valence-electron chi connectivity index (χ2n) is 5.16. The Kier molecular flexibility index (Phi) is 6.87. The van der Waals surface area contributed by atoms with Gasteiger partial charge in [0.15, 0.2) is 0 Å². The fourth-order valence-corrected chi connectivity index (χ4v) is 2.02. The first kappa shape index (κ1) is 17.2. The average Bonchev–Trinajstić information content (AvgIpc) is 2.43. The summed E-state index contributed by atoms with van der Waals surface area (Å²) in [5.41, 5.74) is 0.0217. The summed E-state index contributed by atoms with van der Waals surface area (Å²) in [5.74, 6) is 1.40. The highest BCUT2D eigenvalue weighted by Gasteiger charge is 2.22. The van der Waals surface area contributed by atoms with Crippen LogP contribution in [0.1, 0.15) is 20.8 Å². The molecule has 118 valence electrons. The Morgan fingerprint density at radius 3 is 2.71 bits per heavy atom. The molecule has 0 spiro atoms. The molecule has 1 N–H and O–H groups in total. The van der Waals surface area contributed by atoms with Crippen molar-refractivity contribution in [3.8, 4) is 0 Å². The minimum absolute atomic E-state index is 0.0217. The molecular weight excluding hydrogens is 272 g/mol. The molecule has 0 saturated carbocycles. The van der Waals surface area contributed by atoms with Crippen LogP contribution in [0.3, 0.4) is 0 Å². The number of nitro groups is 1. The van der Waals surface area contributed by atoms with Crippen LogP contribution in [0.4, 0.5) is 17.3 Å². The SMILES string of the molecule is CCNc1ccc([N+](=O)[O-])c(N(CCOC)CC(C)C)n1. The van der Waals surface area contributed by atoms with Gasteiger partial charge in [0.05, 0.1) is 11.5 Å². The molecule has 0 aliphatic heterocycles. The number of nitrogens with zero attached hydrogens (tertiary/aromatic N) is 3. The molecule has 0 unspecified atom stereocenters. The zero-order valence-electron chi connectivity index (χ0n) is 13.1. The average molecular weight is 296 g/mol. The van der Waals surface area contributed by atoms with Crippen molar-refractivity contribution in [2.45, 2.75) is 20.8 Å². The van der Waals surface area contributed by atoms with E-state index in [0.29, 0.717) is 43.8 Å². The Balaban J connectivity index is 3.16. The molecule has 0 bridgehead atoms. The third-order valence-electron chi connectivity index (χ3n) is 2.86. The van der Waals surface area contributed by atoms with Crippen LogP contribution in [-0.4, -0.2) is 43.3 Å². The first-order chi connectivity index (χ1) is 9.99. The van der Waals surface area contributed by atoms with E-state index < -0.39 is 4.92 Å². The Bertz CT molecular complexity index is 466. The maximum absolute atomic E-state index is 11.2. The number of hydrogen-bond acceptors (Lipinski definition) is 6. The lowest BCUT2D eigenvalue weighted by Gasteiger charge is -2.25. The Labute approximate surface area is 125 Å². The van der Waals surface area contributed by atoms with Crippen molar-refractivity contribution in [2.75, 3.05) is 43.6 Å². The van der Waals surface area contributed by atoms with E-state index in [4.69, 9.17) is 4.74 Å². The van der Waals surface area contributed by atoms with Gasteiger partial charge < -0.3 is 15.0 Å². The lowest BCUT2D eigenvalue weighted by molar-refractivity contribution is -0.384. The third-order valence-corrected chi connectivity index (χ3v) is 2.86. The summed E-state index contributed by atoms with van der Waals surface area (Å²) in [7, 11) is 1.62. The van der Waals surface area contributed by atoms with Crippen LogP contribution in [0, 0.1) is 16.0 Å². The number of hydrogen-bond donors (Lipinski definition) is 1. The van der Waals surface area contributed by atoms with Gasteiger partial charge >= 0.3 is 5.69 Å². The molecule has 1 heterocycles. The lowest BCUT2D eigenvalue weighted by Crippen LogP contribution is -2.32. The Hall–Kier alpha value is -1.89. The standard InChI is InChI=1S/C14H24N4O3/c1-5-15-13-7-6-12(18(19)20)14(16-13)17(8-9-21-4)10-11(2)3/h6-7,11H,5,8-10H2,1-4H3,(H,15,16). The van der Waals surface area contributed by atoms with Crippen molar-refractivity contribution in [3.63, 3.8) is 0 Å². The number of nitrogens with one attached hydrogen (secondary N) is 1. The van der Waals surface area contributed by atoms with Crippen LogP contribution in [0.5, 0.6) is 0 Å². The highest BCUT2D eigenvalue weighted by atomic mass is 16.6. The number of rotatable bonds is 9. The molecule has 0 aromatic carbocycles. The van der Waals surface area contributed by atoms with E-state index >= 15 is 0 Å². The number of methoxy groups -OCH3 is 1. The molecule has 0 atom stereocenters. The molecule has 0 amide bonds. The number of ether oxygens (including phenoxy) is 1. The topological polar surface area (TPSA) is 80.5 Å². The van der Waals surface area contributed by atoms with Crippen molar-refractivity contribution < 1.29 is 9.66 Å². The maximum Gasteiger partial charge on any atom is 0.311 e. The quantitative estimate of drug-likeness (QED) is 0.557. The molecule has 7 heteroatoms.